The summed E-state index contributed by atoms with van der Waals surface area (Å²) in [5.74, 6) is 1.36. The van der Waals surface area contributed by atoms with Gasteiger partial charge in [0, 0.05) is 22.5 Å². The van der Waals surface area contributed by atoms with E-state index in [9.17, 15) is 4.79 Å². The largest absolute Gasteiger partial charge is 0.361 e. The molecule has 0 radical (unpaired) electrons. The van der Waals surface area contributed by atoms with Crippen molar-refractivity contribution < 1.29 is 9.32 Å². The molecule has 0 aliphatic rings. The third kappa shape index (κ3) is 4.25. The molecule has 1 heterocycles. The second kappa shape index (κ2) is 7.00. The molecule has 0 fully saturated rings. The molecule has 4 nitrogen and oxygen atoms in total. The van der Waals surface area contributed by atoms with Crippen LogP contribution >= 0.6 is 23.4 Å². The highest BCUT2D eigenvalue weighted by Crippen LogP contribution is 2.24. The number of hydrogen-bond acceptors (Lipinski definition) is 4. The summed E-state index contributed by atoms with van der Waals surface area (Å²) in [4.78, 5) is 12.2. The molecule has 0 unspecified atom stereocenters. The summed E-state index contributed by atoms with van der Waals surface area (Å²) < 4.78 is 5.00. The van der Waals surface area contributed by atoms with Crippen molar-refractivity contribution >= 4 is 35.0 Å². The highest BCUT2D eigenvalue weighted by Gasteiger charge is 2.16. The van der Waals surface area contributed by atoms with E-state index in [2.05, 4.69) is 10.5 Å². The fourth-order valence-corrected chi connectivity index (χ4v) is 2.69. The van der Waals surface area contributed by atoms with Crippen LogP contribution in [0, 0.1) is 13.8 Å². The zero-order chi connectivity index (χ0) is 15.4. The van der Waals surface area contributed by atoms with E-state index in [0.29, 0.717) is 10.8 Å². The average molecular weight is 325 g/mol. The minimum Gasteiger partial charge on any atom is -0.361 e. The normalized spacial score (nSPS) is 12.2. The van der Waals surface area contributed by atoms with Crippen molar-refractivity contribution in [2.24, 2.45) is 0 Å². The molecule has 2 rings (SSSR count). The molecule has 1 aromatic heterocycles. The summed E-state index contributed by atoms with van der Waals surface area (Å²) in [7, 11) is 0. The minimum atomic E-state index is -0.194. The summed E-state index contributed by atoms with van der Waals surface area (Å²) in [6.07, 6.45) is 0. The van der Waals surface area contributed by atoms with Gasteiger partial charge in [-0.15, -0.1) is 11.8 Å². The molecule has 6 heteroatoms. The third-order valence-electron chi connectivity index (χ3n) is 3.05. The SMILES string of the molecule is Cc1cc(CS[C@@H](C)C(=O)Nc2cccc(Cl)c2C)no1. The van der Waals surface area contributed by atoms with Crippen LogP contribution < -0.4 is 5.32 Å². The topological polar surface area (TPSA) is 55.1 Å². The fourth-order valence-electron chi connectivity index (χ4n) is 1.75. The number of thioether (sulfide) groups is 1. The molecule has 0 aliphatic heterocycles. The molecule has 0 saturated carbocycles. The van der Waals surface area contributed by atoms with Gasteiger partial charge in [-0.3, -0.25) is 4.79 Å². The van der Waals surface area contributed by atoms with Crippen LogP contribution in [0.2, 0.25) is 5.02 Å². The van der Waals surface area contributed by atoms with Crippen molar-refractivity contribution in [3.8, 4) is 0 Å². The van der Waals surface area contributed by atoms with E-state index in [1.165, 1.54) is 11.8 Å². The van der Waals surface area contributed by atoms with E-state index >= 15 is 0 Å². The standard InChI is InChI=1S/C15H17ClN2O2S/c1-9-7-12(18-20-9)8-21-11(3)15(19)17-14-6-4-5-13(16)10(14)2/h4-7,11H,8H2,1-3H3,(H,17,19)/t11-/m0/s1. The van der Waals surface area contributed by atoms with Crippen LogP contribution in [0.4, 0.5) is 5.69 Å². The van der Waals surface area contributed by atoms with Crippen LogP contribution in [0.15, 0.2) is 28.8 Å². The van der Waals surface area contributed by atoms with Crippen molar-refractivity contribution in [2.75, 3.05) is 5.32 Å². The van der Waals surface area contributed by atoms with Crippen molar-refractivity contribution in [2.45, 2.75) is 31.8 Å². The van der Waals surface area contributed by atoms with Gasteiger partial charge in [0.05, 0.1) is 10.9 Å². The molecule has 21 heavy (non-hydrogen) atoms. The Morgan fingerprint density at radius 3 is 2.90 bits per heavy atom. The van der Waals surface area contributed by atoms with Crippen molar-refractivity contribution in [3.05, 3.63) is 46.3 Å². The summed E-state index contributed by atoms with van der Waals surface area (Å²) in [5.41, 5.74) is 2.46. The first-order valence-corrected chi connectivity index (χ1v) is 8.00. The molecule has 0 bridgehead atoms. The predicted octanol–water partition coefficient (Wildman–Crippen LogP) is 4.21. The van der Waals surface area contributed by atoms with Crippen LogP contribution in [0.5, 0.6) is 0 Å². The lowest BCUT2D eigenvalue weighted by Crippen LogP contribution is -2.23. The third-order valence-corrected chi connectivity index (χ3v) is 4.64. The van der Waals surface area contributed by atoms with E-state index in [1.807, 2.05) is 39.0 Å². The van der Waals surface area contributed by atoms with E-state index in [0.717, 1.165) is 22.7 Å². The highest BCUT2D eigenvalue weighted by atomic mass is 35.5. The number of carbonyl (C=O) groups excluding carboxylic acids is 1. The summed E-state index contributed by atoms with van der Waals surface area (Å²) in [6, 6.07) is 7.34. The first-order valence-electron chi connectivity index (χ1n) is 6.57. The van der Waals surface area contributed by atoms with Crippen LogP contribution in [0.25, 0.3) is 0 Å². The molecule has 0 aliphatic carbocycles. The van der Waals surface area contributed by atoms with Gasteiger partial charge in [0.2, 0.25) is 5.91 Å². The van der Waals surface area contributed by atoms with Crippen LogP contribution in [-0.2, 0) is 10.5 Å². The maximum absolute atomic E-state index is 12.2. The van der Waals surface area contributed by atoms with Gasteiger partial charge in [0.1, 0.15) is 5.76 Å². The number of rotatable bonds is 5. The zero-order valence-electron chi connectivity index (χ0n) is 12.1. The fraction of sp³-hybridized carbons (Fsp3) is 0.333. The number of hydrogen-bond donors (Lipinski definition) is 1. The molecular weight excluding hydrogens is 308 g/mol. The number of aromatic nitrogens is 1. The molecule has 1 N–H and O–H groups in total. The summed E-state index contributed by atoms with van der Waals surface area (Å²) in [5, 5.41) is 7.27. The Morgan fingerprint density at radius 1 is 1.48 bits per heavy atom. The van der Waals surface area contributed by atoms with Crippen LogP contribution in [0.3, 0.4) is 0 Å². The Balaban J connectivity index is 1.92. The van der Waals surface area contributed by atoms with Gasteiger partial charge >= 0.3 is 0 Å². The van der Waals surface area contributed by atoms with Gasteiger partial charge in [0.25, 0.3) is 0 Å². The first-order chi connectivity index (χ1) is 9.97. The lowest BCUT2D eigenvalue weighted by Gasteiger charge is -2.13. The van der Waals surface area contributed by atoms with Gasteiger partial charge in [0.15, 0.2) is 0 Å². The first kappa shape index (κ1) is 15.9. The van der Waals surface area contributed by atoms with Crippen molar-refractivity contribution in [3.63, 3.8) is 0 Å². The lowest BCUT2D eigenvalue weighted by atomic mass is 10.2. The molecule has 1 atom stereocenters. The number of carbonyl (C=O) groups is 1. The number of nitrogens with zero attached hydrogens (tertiary/aromatic N) is 1. The zero-order valence-corrected chi connectivity index (χ0v) is 13.7. The molecule has 1 amide bonds. The highest BCUT2D eigenvalue weighted by molar-refractivity contribution is 7.99. The Kier molecular flexibility index (Phi) is 5.31. The van der Waals surface area contributed by atoms with Crippen molar-refractivity contribution in [1.29, 1.82) is 0 Å². The number of anilines is 1. The lowest BCUT2D eigenvalue weighted by molar-refractivity contribution is -0.115. The van der Waals surface area contributed by atoms with Gasteiger partial charge < -0.3 is 9.84 Å². The second-order valence-corrected chi connectivity index (χ2v) is 6.52. The predicted molar refractivity (Wildman–Crippen MR) is 86.8 cm³/mol. The molecule has 0 saturated heterocycles. The maximum Gasteiger partial charge on any atom is 0.237 e. The molecular formula is C15H17ClN2O2S. The Labute approximate surface area is 133 Å². The number of aryl methyl sites for hydroxylation is 1. The Morgan fingerprint density at radius 2 is 2.24 bits per heavy atom. The number of benzene rings is 1. The van der Waals surface area contributed by atoms with Crippen LogP contribution in [-0.4, -0.2) is 16.3 Å². The monoisotopic (exact) mass is 324 g/mol. The van der Waals surface area contributed by atoms with E-state index in [1.54, 1.807) is 6.07 Å². The van der Waals surface area contributed by atoms with Gasteiger partial charge in [-0.1, -0.05) is 22.8 Å². The average Bonchev–Trinajstić information content (AvgIpc) is 2.87. The minimum absolute atomic E-state index is 0.0504. The van der Waals surface area contributed by atoms with Gasteiger partial charge in [-0.2, -0.15) is 0 Å². The Bertz CT molecular complexity index is 642. The number of amides is 1. The van der Waals surface area contributed by atoms with Gasteiger partial charge in [-0.25, -0.2) is 0 Å². The molecule has 0 spiro atoms. The quantitative estimate of drug-likeness (QED) is 0.895. The molecule has 2 aromatic rings. The van der Waals surface area contributed by atoms with E-state index in [-0.39, 0.29) is 11.2 Å². The van der Waals surface area contributed by atoms with E-state index in [4.69, 9.17) is 16.1 Å². The number of nitrogens with one attached hydrogen (secondary N) is 1. The maximum atomic E-state index is 12.2. The summed E-state index contributed by atoms with van der Waals surface area (Å²) >= 11 is 7.56. The smallest absolute Gasteiger partial charge is 0.237 e. The van der Waals surface area contributed by atoms with E-state index < -0.39 is 0 Å². The summed E-state index contributed by atoms with van der Waals surface area (Å²) in [6.45, 7) is 5.60. The number of halogens is 1. The molecule has 112 valence electrons. The van der Waals surface area contributed by atoms with Crippen molar-refractivity contribution in [1.82, 2.24) is 5.16 Å². The van der Waals surface area contributed by atoms with Crippen LogP contribution in [0.1, 0.15) is 23.9 Å². The second-order valence-electron chi connectivity index (χ2n) is 4.78. The van der Waals surface area contributed by atoms with Gasteiger partial charge in [-0.05, 0) is 38.5 Å². The Hall–Kier alpha value is -1.46. The molecule has 1 aromatic carbocycles.